The number of benzene rings is 1. The number of hydrogen-bond donors (Lipinski definition) is 2. The van der Waals surface area contributed by atoms with Gasteiger partial charge >= 0.3 is 6.09 Å². The van der Waals surface area contributed by atoms with E-state index in [1.54, 1.807) is 12.1 Å². The van der Waals surface area contributed by atoms with E-state index in [0.717, 1.165) is 11.3 Å². The van der Waals surface area contributed by atoms with Gasteiger partial charge in [0.25, 0.3) is 0 Å². The average molecular weight is 194 g/mol. The zero-order valence-corrected chi connectivity index (χ0v) is 8.10. The molecule has 0 bridgehead atoms. The summed E-state index contributed by atoms with van der Waals surface area (Å²) in [6.45, 7) is 2.02. The standard InChI is InChI=1S/C10H14N2O2/c1-2-8-3-5-9(6-4-8)12(7-11)10(13)14/h3-6H,2,7,11H2,1H3,(H,13,14). The highest BCUT2D eigenvalue weighted by Crippen LogP contribution is 2.14. The van der Waals surface area contributed by atoms with Crippen LogP contribution in [0.25, 0.3) is 0 Å². The van der Waals surface area contributed by atoms with Crippen LogP contribution in [0.15, 0.2) is 24.3 Å². The van der Waals surface area contributed by atoms with Crippen LogP contribution >= 0.6 is 0 Å². The molecular formula is C10H14N2O2. The number of carboxylic acid groups (broad SMARTS) is 1. The minimum absolute atomic E-state index is 0.0270. The van der Waals surface area contributed by atoms with Crippen molar-refractivity contribution in [3.8, 4) is 0 Å². The van der Waals surface area contributed by atoms with Crippen molar-refractivity contribution in [2.45, 2.75) is 13.3 Å². The predicted octanol–water partition coefficient (Wildman–Crippen LogP) is 1.65. The molecule has 0 saturated carbocycles. The van der Waals surface area contributed by atoms with Gasteiger partial charge in [-0.15, -0.1) is 0 Å². The SMILES string of the molecule is CCc1ccc(N(CN)C(=O)O)cc1. The molecule has 0 heterocycles. The van der Waals surface area contributed by atoms with Gasteiger partial charge in [0.1, 0.15) is 0 Å². The number of carbonyl (C=O) groups is 1. The summed E-state index contributed by atoms with van der Waals surface area (Å²) < 4.78 is 0. The van der Waals surface area contributed by atoms with Crippen molar-refractivity contribution in [3.63, 3.8) is 0 Å². The Kier molecular flexibility index (Phi) is 3.48. The molecule has 1 aromatic carbocycles. The number of rotatable bonds is 3. The van der Waals surface area contributed by atoms with Crippen molar-refractivity contribution in [1.82, 2.24) is 0 Å². The smallest absolute Gasteiger partial charge is 0.412 e. The molecule has 4 nitrogen and oxygen atoms in total. The first-order valence-electron chi connectivity index (χ1n) is 4.48. The molecule has 76 valence electrons. The highest BCUT2D eigenvalue weighted by molar-refractivity contribution is 5.85. The van der Waals surface area contributed by atoms with Crippen molar-refractivity contribution in [2.75, 3.05) is 11.6 Å². The van der Waals surface area contributed by atoms with E-state index >= 15 is 0 Å². The fourth-order valence-electron chi connectivity index (χ4n) is 1.21. The Labute approximate surface area is 82.9 Å². The van der Waals surface area contributed by atoms with E-state index in [2.05, 4.69) is 0 Å². The lowest BCUT2D eigenvalue weighted by atomic mass is 10.1. The first kappa shape index (κ1) is 10.5. The van der Waals surface area contributed by atoms with E-state index in [0.29, 0.717) is 5.69 Å². The highest BCUT2D eigenvalue weighted by atomic mass is 16.4. The van der Waals surface area contributed by atoms with Crippen LogP contribution < -0.4 is 10.6 Å². The van der Waals surface area contributed by atoms with Crippen LogP contribution in [-0.4, -0.2) is 17.9 Å². The maximum absolute atomic E-state index is 10.7. The van der Waals surface area contributed by atoms with E-state index in [4.69, 9.17) is 10.8 Å². The molecule has 0 aliphatic rings. The molecule has 3 N–H and O–H groups in total. The molecule has 4 heteroatoms. The van der Waals surface area contributed by atoms with Gasteiger partial charge in [-0.2, -0.15) is 0 Å². The summed E-state index contributed by atoms with van der Waals surface area (Å²) in [6.07, 6.45) is -0.0903. The van der Waals surface area contributed by atoms with Crippen LogP contribution in [0.5, 0.6) is 0 Å². The second-order valence-corrected chi connectivity index (χ2v) is 2.91. The van der Waals surface area contributed by atoms with Gasteiger partial charge in [-0.3, -0.25) is 4.90 Å². The zero-order valence-electron chi connectivity index (χ0n) is 8.10. The number of amides is 1. The van der Waals surface area contributed by atoms with Gasteiger partial charge in [-0.25, -0.2) is 4.79 Å². The quantitative estimate of drug-likeness (QED) is 0.719. The van der Waals surface area contributed by atoms with Crippen LogP contribution in [-0.2, 0) is 6.42 Å². The van der Waals surface area contributed by atoms with Gasteiger partial charge in [0.15, 0.2) is 0 Å². The molecule has 1 rings (SSSR count). The number of anilines is 1. The fraction of sp³-hybridized carbons (Fsp3) is 0.300. The molecule has 1 amide bonds. The van der Waals surface area contributed by atoms with Gasteiger partial charge in [0, 0.05) is 5.69 Å². The molecular weight excluding hydrogens is 180 g/mol. The van der Waals surface area contributed by atoms with Crippen LogP contribution in [0.4, 0.5) is 10.5 Å². The average Bonchev–Trinajstić information content (AvgIpc) is 2.19. The molecule has 1 aromatic rings. The monoisotopic (exact) mass is 194 g/mol. The van der Waals surface area contributed by atoms with E-state index < -0.39 is 6.09 Å². The molecule has 0 unspecified atom stereocenters. The number of nitrogens with zero attached hydrogens (tertiary/aromatic N) is 1. The highest BCUT2D eigenvalue weighted by Gasteiger charge is 2.10. The van der Waals surface area contributed by atoms with Crippen molar-refractivity contribution in [3.05, 3.63) is 29.8 Å². The lowest BCUT2D eigenvalue weighted by molar-refractivity contribution is 0.202. The van der Waals surface area contributed by atoms with Crippen molar-refractivity contribution in [2.24, 2.45) is 5.73 Å². The first-order valence-corrected chi connectivity index (χ1v) is 4.48. The minimum atomic E-state index is -1.03. The predicted molar refractivity (Wildman–Crippen MR) is 55.4 cm³/mol. The molecule has 0 aliphatic carbocycles. The summed E-state index contributed by atoms with van der Waals surface area (Å²) in [5.41, 5.74) is 7.11. The Morgan fingerprint density at radius 1 is 1.43 bits per heavy atom. The van der Waals surface area contributed by atoms with Crippen molar-refractivity contribution >= 4 is 11.8 Å². The first-order chi connectivity index (χ1) is 6.69. The largest absolute Gasteiger partial charge is 0.465 e. The number of aryl methyl sites for hydroxylation is 1. The van der Waals surface area contributed by atoms with Crippen molar-refractivity contribution < 1.29 is 9.90 Å². The maximum Gasteiger partial charge on any atom is 0.412 e. The summed E-state index contributed by atoms with van der Waals surface area (Å²) in [5, 5.41) is 8.80. The molecule has 0 aromatic heterocycles. The second kappa shape index (κ2) is 4.62. The Balaban J connectivity index is 2.89. The van der Waals surface area contributed by atoms with Gasteiger partial charge in [0.2, 0.25) is 0 Å². The van der Waals surface area contributed by atoms with Crippen LogP contribution in [0.2, 0.25) is 0 Å². The van der Waals surface area contributed by atoms with E-state index in [1.807, 2.05) is 19.1 Å². The molecule has 0 aliphatic heterocycles. The van der Waals surface area contributed by atoms with E-state index in [9.17, 15) is 4.79 Å². The van der Waals surface area contributed by atoms with Gasteiger partial charge < -0.3 is 10.8 Å². The molecule has 0 radical (unpaired) electrons. The third-order valence-corrected chi connectivity index (χ3v) is 2.07. The summed E-state index contributed by atoms with van der Waals surface area (Å²) in [7, 11) is 0. The fourth-order valence-corrected chi connectivity index (χ4v) is 1.21. The molecule has 0 saturated heterocycles. The van der Waals surface area contributed by atoms with Gasteiger partial charge in [0.05, 0.1) is 6.67 Å². The lowest BCUT2D eigenvalue weighted by Crippen LogP contribution is -2.34. The third-order valence-electron chi connectivity index (χ3n) is 2.07. The summed E-state index contributed by atoms with van der Waals surface area (Å²) in [6, 6.07) is 7.33. The summed E-state index contributed by atoms with van der Waals surface area (Å²) >= 11 is 0. The van der Waals surface area contributed by atoms with Crippen LogP contribution in [0.3, 0.4) is 0 Å². The summed E-state index contributed by atoms with van der Waals surface area (Å²) in [4.78, 5) is 11.8. The number of nitrogens with two attached hydrogens (primary N) is 1. The number of hydrogen-bond acceptors (Lipinski definition) is 2. The molecule has 0 atom stereocenters. The maximum atomic E-state index is 10.7. The molecule has 0 fully saturated rings. The molecule has 14 heavy (non-hydrogen) atoms. The molecule has 0 spiro atoms. The topological polar surface area (TPSA) is 66.6 Å². The van der Waals surface area contributed by atoms with Crippen LogP contribution in [0.1, 0.15) is 12.5 Å². The zero-order chi connectivity index (χ0) is 10.6. The van der Waals surface area contributed by atoms with E-state index in [-0.39, 0.29) is 6.67 Å². The third kappa shape index (κ3) is 2.23. The summed E-state index contributed by atoms with van der Waals surface area (Å²) in [5.74, 6) is 0. The van der Waals surface area contributed by atoms with Crippen LogP contribution in [0, 0.1) is 0 Å². The Bertz CT molecular complexity index is 308. The Morgan fingerprint density at radius 3 is 2.36 bits per heavy atom. The second-order valence-electron chi connectivity index (χ2n) is 2.91. The Hall–Kier alpha value is -1.55. The normalized spacial score (nSPS) is 9.86. The van der Waals surface area contributed by atoms with E-state index in [1.165, 1.54) is 5.56 Å². The lowest BCUT2D eigenvalue weighted by Gasteiger charge is -2.16. The van der Waals surface area contributed by atoms with Crippen molar-refractivity contribution in [1.29, 1.82) is 0 Å². The van der Waals surface area contributed by atoms with Gasteiger partial charge in [-0.05, 0) is 24.1 Å². The minimum Gasteiger partial charge on any atom is -0.465 e. The Morgan fingerprint density at radius 2 is 2.00 bits per heavy atom. The van der Waals surface area contributed by atoms with Gasteiger partial charge in [-0.1, -0.05) is 19.1 Å².